The molecule has 3 atom stereocenters. The molecule has 3 fully saturated rings. The molecule has 0 aliphatic carbocycles. The standard InChI is InChI=1S/C12H15N3O.C11H10F2NO3PS.C10H17NO.CH2O/c1-8-3-9(4-12(16)14-8)11-7-15(2)6-10(11)5-13;1-14-10(15)9-5-6-4-7(2-3-8(6)19-9)11(12,13)18(16)17;12-10-7-3-1-2-5-9-6-4-8-11(9)10;1-2/h3-4,10-11H,6-7H2,1-2H3,(H,14,16);2-5,16-17H,1H3,(H,14,15);9H,1-8H2;1H2/t10?,11-;;9-;/m1.0./s1. The third-order valence-electron chi connectivity index (χ3n) is 8.79. The minimum atomic E-state index is -3.68. The maximum absolute atomic E-state index is 13.5. The molecule has 4 N–H and O–H groups in total. The lowest BCUT2D eigenvalue weighted by molar-refractivity contribution is -0.132. The number of alkyl halides is 2. The number of thiophene rings is 1. The zero-order chi connectivity index (χ0) is 36.3. The second-order valence-electron chi connectivity index (χ2n) is 12.3. The van der Waals surface area contributed by atoms with Crippen LogP contribution in [0.4, 0.5) is 8.78 Å². The van der Waals surface area contributed by atoms with Gasteiger partial charge in [-0.2, -0.15) is 14.0 Å². The number of nitriles is 1. The van der Waals surface area contributed by atoms with Crippen molar-refractivity contribution in [2.75, 3.05) is 33.7 Å². The van der Waals surface area contributed by atoms with E-state index in [-0.39, 0.29) is 23.3 Å². The van der Waals surface area contributed by atoms with E-state index in [4.69, 9.17) is 19.8 Å². The maximum Gasteiger partial charge on any atom is 0.339 e. The zero-order valence-corrected chi connectivity index (χ0v) is 29.7. The van der Waals surface area contributed by atoms with E-state index in [1.54, 1.807) is 6.07 Å². The fourth-order valence-corrected chi connectivity index (χ4v) is 7.77. The highest BCUT2D eigenvalue weighted by Gasteiger charge is 2.41. The molecule has 11 nitrogen and oxygen atoms in total. The van der Waals surface area contributed by atoms with E-state index in [1.165, 1.54) is 68.7 Å². The lowest BCUT2D eigenvalue weighted by Gasteiger charge is -2.26. The number of pyridine rings is 1. The van der Waals surface area contributed by atoms with Gasteiger partial charge in [0.15, 0.2) is 0 Å². The summed E-state index contributed by atoms with van der Waals surface area (Å²) in [5.74, 6) is 0.278. The van der Waals surface area contributed by atoms with E-state index in [2.05, 4.69) is 26.2 Å². The third kappa shape index (κ3) is 10.4. The van der Waals surface area contributed by atoms with Crippen LogP contribution in [0, 0.1) is 24.2 Å². The van der Waals surface area contributed by atoms with Crippen LogP contribution < -0.4 is 10.9 Å². The number of rotatable bonds is 4. The Hall–Kier alpha value is -3.60. The highest BCUT2D eigenvalue weighted by atomic mass is 32.1. The van der Waals surface area contributed by atoms with Crippen molar-refractivity contribution in [1.82, 2.24) is 20.1 Å². The number of nitrogens with one attached hydrogen (secondary N) is 2. The predicted molar refractivity (Wildman–Crippen MR) is 187 cm³/mol. The summed E-state index contributed by atoms with van der Waals surface area (Å²) in [7, 11) is 0.0942. The Bertz CT molecular complexity index is 1680. The van der Waals surface area contributed by atoms with Gasteiger partial charge in [0.1, 0.15) is 6.79 Å². The predicted octanol–water partition coefficient (Wildman–Crippen LogP) is 5.22. The van der Waals surface area contributed by atoms with Gasteiger partial charge in [0.25, 0.3) is 5.91 Å². The van der Waals surface area contributed by atoms with Crippen LogP contribution in [-0.2, 0) is 15.3 Å². The molecule has 5 heterocycles. The number of carbonyl (C=O) groups is 3. The summed E-state index contributed by atoms with van der Waals surface area (Å²) in [6.45, 7) is 6.53. The minimum Gasteiger partial charge on any atom is -0.354 e. The first kappa shape index (κ1) is 39.8. The van der Waals surface area contributed by atoms with Crippen molar-refractivity contribution in [3.63, 3.8) is 0 Å². The zero-order valence-electron chi connectivity index (χ0n) is 28.0. The number of carbonyl (C=O) groups excluding carboxylic acids is 3. The van der Waals surface area contributed by atoms with Crippen LogP contribution in [0.25, 0.3) is 10.1 Å². The van der Waals surface area contributed by atoms with Crippen molar-refractivity contribution >= 4 is 48.4 Å². The molecule has 0 spiro atoms. The van der Waals surface area contributed by atoms with E-state index in [9.17, 15) is 23.2 Å². The molecule has 0 bridgehead atoms. The van der Waals surface area contributed by atoms with Gasteiger partial charge < -0.3 is 34.7 Å². The Kier molecular flexibility index (Phi) is 15.0. The summed E-state index contributed by atoms with van der Waals surface area (Å²) in [4.78, 5) is 67.3. The molecule has 3 saturated heterocycles. The van der Waals surface area contributed by atoms with E-state index < -0.39 is 19.6 Å². The number of aromatic amines is 1. The SMILES string of the molecule is C=O.CNC(=O)c1cc2cc(C(F)(F)P(O)O)ccc2s1.Cc1cc([C@H]2CN(C)CC2C#N)cc(=O)[nH]1.O=C1CCCCC[C@H]2CCCN12. The number of benzene rings is 1. The van der Waals surface area contributed by atoms with Crippen molar-refractivity contribution in [3.05, 3.63) is 68.4 Å². The van der Waals surface area contributed by atoms with Crippen molar-refractivity contribution in [3.8, 4) is 6.07 Å². The van der Waals surface area contributed by atoms with Gasteiger partial charge in [-0.3, -0.25) is 14.4 Å². The molecule has 15 heteroatoms. The molecule has 1 unspecified atom stereocenters. The monoisotopic (exact) mass is 719 g/mol. The third-order valence-corrected chi connectivity index (χ3v) is 10.7. The molecule has 0 radical (unpaired) electrons. The molecule has 2 amide bonds. The average molecular weight is 720 g/mol. The summed E-state index contributed by atoms with van der Waals surface area (Å²) in [5.41, 5.74) is -2.40. The van der Waals surface area contributed by atoms with E-state index >= 15 is 0 Å². The number of likely N-dealkylation sites (N-methyl/N-ethyl adjacent to an activating group) is 1. The number of aromatic nitrogens is 1. The second kappa shape index (κ2) is 18.4. The van der Waals surface area contributed by atoms with Gasteiger partial charge in [-0.1, -0.05) is 18.9 Å². The fourth-order valence-electron chi connectivity index (χ4n) is 6.41. The van der Waals surface area contributed by atoms with Crippen molar-refractivity contribution in [2.45, 2.75) is 69.5 Å². The highest BCUT2D eigenvalue weighted by molar-refractivity contribution is 7.46. The smallest absolute Gasteiger partial charge is 0.339 e. The van der Waals surface area contributed by atoms with Gasteiger partial charge in [0.2, 0.25) is 19.8 Å². The molecule has 0 saturated carbocycles. The van der Waals surface area contributed by atoms with Crippen LogP contribution in [0.2, 0.25) is 0 Å². The number of H-pyrrole nitrogens is 1. The van der Waals surface area contributed by atoms with Crippen molar-refractivity contribution < 1.29 is 33.0 Å². The molecule has 266 valence electrons. The molecular weight excluding hydrogens is 675 g/mol. The molecule has 6 rings (SSSR count). The van der Waals surface area contributed by atoms with Gasteiger partial charge in [0, 0.05) is 67.1 Å². The molecule has 3 aliphatic heterocycles. The molecular formula is C34H44F2N5O6PS. The van der Waals surface area contributed by atoms with Crippen LogP contribution in [-0.4, -0.2) is 82.9 Å². The number of hydrogen-bond acceptors (Lipinski definition) is 9. The quantitative estimate of drug-likeness (QED) is 0.267. The van der Waals surface area contributed by atoms with Crippen LogP contribution in [0.3, 0.4) is 0 Å². The van der Waals surface area contributed by atoms with Crippen molar-refractivity contribution in [2.24, 2.45) is 5.92 Å². The first-order chi connectivity index (χ1) is 23.3. The molecule has 3 aromatic rings. The number of nitrogens with zero attached hydrogens (tertiary/aromatic N) is 3. The van der Waals surface area contributed by atoms with Gasteiger partial charge in [-0.25, -0.2) is 0 Å². The Morgan fingerprint density at radius 1 is 1.10 bits per heavy atom. The maximum atomic E-state index is 13.5. The molecule has 1 aromatic carbocycles. The Labute approximate surface area is 289 Å². The second-order valence-corrected chi connectivity index (χ2v) is 14.5. The highest BCUT2D eigenvalue weighted by Crippen LogP contribution is 2.53. The minimum absolute atomic E-state index is 0.00815. The summed E-state index contributed by atoms with van der Waals surface area (Å²) < 4.78 is 27.7. The van der Waals surface area contributed by atoms with E-state index in [0.717, 1.165) is 49.8 Å². The summed E-state index contributed by atoms with van der Waals surface area (Å²) in [6, 6.07) is 11.8. The fraction of sp³-hybridized carbons (Fsp3) is 0.500. The Morgan fingerprint density at radius 2 is 1.82 bits per heavy atom. The summed E-state index contributed by atoms with van der Waals surface area (Å²) >= 11 is 1.18. The Morgan fingerprint density at radius 3 is 2.47 bits per heavy atom. The van der Waals surface area contributed by atoms with Gasteiger partial charge >= 0.3 is 5.66 Å². The Balaban J connectivity index is 0.000000198. The van der Waals surface area contributed by atoms with Crippen molar-refractivity contribution in [1.29, 1.82) is 5.26 Å². The number of aryl methyl sites for hydroxylation is 1. The van der Waals surface area contributed by atoms with Crippen LogP contribution in [0.15, 0.2) is 41.2 Å². The number of halogens is 2. The number of likely N-dealkylation sites (tertiary alicyclic amines) is 1. The van der Waals surface area contributed by atoms with E-state index in [0.29, 0.717) is 26.9 Å². The lowest BCUT2D eigenvalue weighted by Crippen LogP contribution is -2.36. The first-order valence-electron chi connectivity index (χ1n) is 16.0. The summed E-state index contributed by atoms with van der Waals surface area (Å²) in [5, 5.41) is 12.0. The van der Waals surface area contributed by atoms with E-state index in [1.807, 2.05) is 26.8 Å². The molecule has 2 aromatic heterocycles. The average Bonchev–Trinajstić information content (AvgIpc) is 3.82. The first-order valence-corrected chi connectivity index (χ1v) is 18.1. The van der Waals surface area contributed by atoms with Gasteiger partial charge in [-0.05, 0) is 74.9 Å². The number of fused-ring (bicyclic) bond motifs is 2. The van der Waals surface area contributed by atoms with Crippen LogP contribution in [0.5, 0.6) is 0 Å². The van der Waals surface area contributed by atoms with Crippen LogP contribution >= 0.6 is 19.7 Å². The topological polar surface area (TPSA) is 167 Å². The lowest BCUT2D eigenvalue weighted by atomic mass is 9.90. The number of hydrogen-bond donors (Lipinski definition) is 4. The largest absolute Gasteiger partial charge is 0.354 e. The molecule has 3 aliphatic rings. The summed E-state index contributed by atoms with van der Waals surface area (Å²) in [6.07, 6.45) is 8.25. The van der Waals surface area contributed by atoms with Gasteiger partial charge in [-0.15, -0.1) is 11.3 Å². The van der Waals surface area contributed by atoms with Crippen LogP contribution in [0.1, 0.15) is 77.4 Å². The van der Waals surface area contributed by atoms with Gasteiger partial charge in [0.05, 0.1) is 16.9 Å². The molecule has 49 heavy (non-hydrogen) atoms. The number of amides is 2. The normalized spacial score (nSPS) is 20.8.